The van der Waals surface area contributed by atoms with Crippen molar-refractivity contribution in [2.75, 3.05) is 5.73 Å². The molecule has 0 bridgehead atoms. The van der Waals surface area contributed by atoms with Crippen LogP contribution in [0, 0.1) is 13.8 Å². The molecule has 0 spiro atoms. The van der Waals surface area contributed by atoms with Gasteiger partial charge in [0.05, 0.1) is 23.4 Å². The van der Waals surface area contributed by atoms with Gasteiger partial charge in [0.1, 0.15) is 9.71 Å². The Labute approximate surface area is 129 Å². The molecule has 3 aromatic rings. The molecule has 0 saturated carbocycles. The van der Waals surface area contributed by atoms with Crippen LogP contribution in [0.4, 0.5) is 5.69 Å². The van der Waals surface area contributed by atoms with E-state index in [1.54, 1.807) is 11.7 Å². The zero-order chi connectivity index (χ0) is 15.0. The van der Waals surface area contributed by atoms with Crippen molar-refractivity contribution in [1.82, 2.24) is 15.3 Å². The number of aromatic nitrogens is 2. The molecular weight excluding hydrogens is 304 g/mol. The minimum absolute atomic E-state index is 0.164. The number of amides is 1. The average Bonchev–Trinajstić information content (AvgIpc) is 3.01. The molecular formula is C14H14N4OS2. The Kier molecular flexibility index (Phi) is 3.60. The highest BCUT2D eigenvalue weighted by Crippen LogP contribution is 2.34. The van der Waals surface area contributed by atoms with Crippen molar-refractivity contribution in [2.45, 2.75) is 20.4 Å². The zero-order valence-electron chi connectivity index (χ0n) is 11.6. The second-order valence-electron chi connectivity index (χ2n) is 4.70. The molecule has 0 fully saturated rings. The molecule has 3 aromatic heterocycles. The number of carbonyl (C=O) groups excluding carboxylic acids is 1. The van der Waals surface area contributed by atoms with Gasteiger partial charge in [-0.2, -0.15) is 0 Å². The van der Waals surface area contributed by atoms with Crippen LogP contribution in [-0.2, 0) is 6.54 Å². The summed E-state index contributed by atoms with van der Waals surface area (Å²) in [6.45, 7) is 4.37. The molecule has 0 aliphatic rings. The smallest absolute Gasteiger partial charge is 0.263 e. The zero-order valence-corrected chi connectivity index (χ0v) is 13.3. The number of nitrogen functional groups attached to an aromatic ring is 1. The number of hydrogen-bond acceptors (Lipinski definition) is 6. The molecule has 3 heterocycles. The van der Waals surface area contributed by atoms with Crippen molar-refractivity contribution in [3.63, 3.8) is 0 Å². The van der Waals surface area contributed by atoms with Crippen LogP contribution < -0.4 is 11.1 Å². The first kappa shape index (κ1) is 14.0. The van der Waals surface area contributed by atoms with Crippen molar-refractivity contribution >= 4 is 44.5 Å². The van der Waals surface area contributed by atoms with Crippen molar-refractivity contribution in [2.24, 2.45) is 0 Å². The van der Waals surface area contributed by atoms with Gasteiger partial charge in [-0.15, -0.1) is 22.7 Å². The van der Waals surface area contributed by atoms with E-state index < -0.39 is 0 Å². The second kappa shape index (κ2) is 5.42. The van der Waals surface area contributed by atoms with Crippen LogP contribution in [-0.4, -0.2) is 15.9 Å². The van der Waals surface area contributed by atoms with Crippen LogP contribution >= 0.6 is 22.7 Å². The van der Waals surface area contributed by atoms with Crippen LogP contribution in [0.2, 0.25) is 0 Å². The number of carbonyl (C=O) groups is 1. The second-order valence-corrected chi connectivity index (χ2v) is 6.63. The number of nitrogens with two attached hydrogens (primary N) is 1. The predicted molar refractivity (Wildman–Crippen MR) is 86.8 cm³/mol. The summed E-state index contributed by atoms with van der Waals surface area (Å²) in [5.41, 5.74) is 10.4. The summed E-state index contributed by atoms with van der Waals surface area (Å²) in [4.78, 5) is 23.1. The number of nitrogens with one attached hydrogen (secondary N) is 1. The predicted octanol–water partition coefficient (Wildman–Crippen LogP) is 2.88. The van der Waals surface area contributed by atoms with E-state index in [0.717, 1.165) is 26.4 Å². The Morgan fingerprint density at radius 2 is 2.19 bits per heavy atom. The number of thiazole rings is 1. The van der Waals surface area contributed by atoms with E-state index in [-0.39, 0.29) is 5.91 Å². The monoisotopic (exact) mass is 318 g/mol. The van der Waals surface area contributed by atoms with Crippen LogP contribution in [0.5, 0.6) is 0 Å². The SMILES string of the molecule is Cc1ncsc1CNC(=O)c1sc2nccc(C)c2c1N. The van der Waals surface area contributed by atoms with Gasteiger partial charge in [0, 0.05) is 16.5 Å². The standard InChI is InChI=1S/C14H14N4OS2/c1-7-3-4-16-14-10(7)11(15)12(21-14)13(19)17-5-9-8(2)18-6-20-9/h3-4,6H,5,15H2,1-2H3,(H,17,19). The minimum atomic E-state index is -0.164. The fraction of sp³-hybridized carbons (Fsp3) is 0.214. The number of anilines is 1. The number of hydrogen-bond donors (Lipinski definition) is 2. The highest BCUT2D eigenvalue weighted by Gasteiger charge is 2.18. The lowest BCUT2D eigenvalue weighted by molar-refractivity contribution is 0.0956. The maximum atomic E-state index is 12.3. The van der Waals surface area contributed by atoms with E-state index in [1.807, 2.05) is 19.9 Å². The topological polar surface area (TPSA) is 80.9 Å². The van der Waals surface area contributed by atoms with E-state index in [4.69, 9.17) is 5.73 Å². The molecule has 0 unspecified atom stereocenters. The number of rotatable bonds is 3. The lowest BCUT2D eigenvalue weighted by atomic mass is 10.2. The van der Waals surface area contributed by atoms with E-state index in [0.29, 0.717) is 17.1 Å². The third kappa shape index (κ3) is 2.50. The molecule has 108 valence electrons. The molecule has 0 aromatic carbocycles. The Hall–Kier alpha value is -1.99. The Balaban J connectivity index is 1.87. The molecule has 3 N–H and O–H groups in total. The third-order valence-corrected chi connectivity index (χ3v) is 5.35. The van der Waals surface area contributed by atoms with Gasteiger partial charge in [0.25, 0.3) is 5.91 Å². The summed E-state index contributed by atoms with van der Waals surface area (Å²) < 4.78 is 0. The average molecular weight is 318 g/mol. The van der Waals surface area contributed by atoms with Gasteiger partial charge < -0.3 is 11.1 Å². The fourth-order valence-electron chi connectivity index (χ4n) is 2.11. The summed E-state index contributed by atoms with van der Waals surface area (Å²) in [5, 5.41) is 3.77. The van der Waals surface area contributed by atoms with Crippen molar-refractivity contribution in [1.29, 1.82) is 0 Å². The summed E-state index contributed by atoms with van der Waals surface area (Å²) in [6.07, 6.45) is 1.73. The van der Waals surface area contributed by atoms with Gasteiger partial charge in [0.15, 0.2) is 0 Å². The lowest BCUT2D eigenvalue weighted by Crippen LogP contribution is -2.22. The van der Waals surface area contributed by atoms with Gasteiger partial charge in [-0.05, 0) is 25.5 Å². The molecule has 0 aliphatic heterocycles. The molecule has 7 heteroatoms. The summed E-state index contributed by atoms with van der Waals surface area (Å²) in [5.74, 6) is -0.164. The highest BCUT2D eigenvalue weighted by atomic mass is 32.1. The number of nitrogens with zero attached hydrogens (tertiary/aromatic N) is 2. The van der Waals surface area contributed by atoms with Crippen molar-refractivity contribution in [3.05, 3.63) is 38.8 Å². The van der Waals surface area contributed by atoms with Crippen molar-refractivity contribution < 1.29 is 4.79 Å². The van der Waals surface area contributed by atoms with Crippen LogP contribution in [0.25, 0.3) is 10.2 Å². The lowest BCUT2D eigenvalue weighted by Gasteiger charge is -2.03. The first-order valence-electron chi connectivity index (χ1n) is 6.38. The third-order valence-electron chi connectivity index (χ3n) is 3.30. The summed E-state index contributed by atoms with van der Waals surface area (Å²) in [6, 6.07) is 1.90. The Morgan fingerprint density at radius 1 is 1.38 bits per heavy atom. The van der Waals surface area contributed by atoms with Crippen LogP contribution in [0.3, 0.4) is 0 Å². The van der Waals surface area contributed by atoms with E-state index >= 15 is 0 Å². The molecule has 0 aliphatic carbocycles. The van der Waals surface area contributed by atoms with Gasteiger partial charge in [-0.25, -0.2) is 9.97 Å². The van der Waals surface area contributed by atoms with Crippen molar-refractivity contribution in [3.8, 4) is 0 Å². The largest absolute Gasteiger partial charge is 0.397 e. The first-order valence-corrected chi connectivity index (χ1v) is 8.08. The quantitative estimate of drug-likeness (QED) is 0.778. The normalized spacial score (nSPS) is 11.0. The van der Waals surface area contributed by atoms with Gasteiger partial charge in [0.2, 0.25) is 0 Å². The maximum absolute atomic E-state index is 12.3. The number of thiophene rings is 1. The molecule has 1 amide bonds. The summed E-state index contributed by atoms with van der Waals surface area (Å²) >= 11 is 2.86. The van der Waals surface area contributed by atoms with Gasteiger partial charge in [-0.3, -0.25) is 4.79 Å². The molecule has 0 saturated heterocycles. The van der Waals surface area contributed by atoms with Crippen LogP contribution in [0.1, 0.15) is 25.8 Å². The van der Waals surface area contributed by atoms with E-state index in [9.17, 15) is 4.79 Å². The number of pyridine rings is 1. The molecule has 21 heavy (non-hydrogen) atoms. The number of fused-ring (bicyclic) bond motifs is 1. The first-order chi connectivity index (χ1) is 10.1. The summed E-state index contributed by atoms with van der Waals surface area (Å²) in [7, 11) is 0. The molecule has 0 atom stereocenters. The Morgan fingerprint density at radius 3 is 2.86 bits per heavy atom. The van der Waals surface area contributed by atoms with E-state index in [1.165, 1.54) is 22.7 Å². The molecule has 3 rings (SSSR count). The van der Waals surface area contributed by atoms with Gasteiger partial charge in [-0.1, -0.05) is 0 Å². The number of aryl methyl sites for hydroxylation is 2. The molecule has 5 nitrogen and oxygen atoms in total. The van der Waals surface area contributed by atoms with Crippen LogP contribution in [0.15, 0.2) is 17.8 Å². The maximum Gasteiger partial charge on any atom is 0.263 e. The highest BCUT2D eigenvalue weighted by molar-refractivity contribution is 7.21. The van der Waals surface area contributed by atoms with E-state index in [2.05, 4.69) is 15.3 Å². The Bertz CT molecular complexity index is 822. The minimum Gasteiger partial charge on any atom is -0.397 e. The molecule has 0 radical (unpaired) electrons. The fourth-order valence-corrected chi connectivity index (χ4v) is 3.88. The van der Waals surface area contributed by atoms with Gasteiger partial charge >= 0.3 is 0 Å².